The average Bonchev–Trinajstić information content (AvgIpc) is 3.02. The van der Waals surface area contributed by atoms with E-state index in [4.69, 9.17) is 11.6 Å². The minimum Gasteiger partial charge on any atom is -0.367 e. The van der Waals surface area contributed by atoms with Gasteiger partial charge in [0.25, 0.3) is 5.91 Å². The standard InChI is InChI=1S/C34H33ClF3N5O/c1-23-5-7-24(8-6-23)21-41-13-15-42(16-14-41)33(44)26-4-2-3-25(17-26)27-19-31-32(40-20-27)39-11-12-43(31)22-28-18-29(35)9-10-30(28)34(36,37)38/h2-10,17-20H,11-16,21-22H2,1H3,(H,39,40). The summed E-state index contributed by atoms with van der Waals surface area (Å²) in [5.74, 6) is 0.586. The Kier molecular flexibility index (Phi) is 8.51. The molecule has 228 valence electrons. The number of anilines is 2. The number of benzene rings is 3. The molecule has 6 rings (SSSR count). The summed E-state index contributed by atoms with van der Waals surface area (Å²) in [7, 11) is 0. The zero-order valence-corrected chi connectivity index (χ0v) is 25.1. The lowest BCUT2D eigenvalue weighted by Gasteiger charge is -2.35. The zero-order valence-electron chi connectivity index (χ0n) is 24.4. The van der Waals surface area contributed by atoms with Crippen LogP contribution < -0.4 is 10.2 Å². The second kappa shape index (κ2) is 12.5. The van der Waals surface area contributed by atoms with E-state index in [-0.39, 0.29) is 23.0 Å². The van der Waals surface area contributed by atoms with E-state index < -0.39 is 11.7 Å². The SMILES string of the molecule is Cc1ccc(CN2CCN(C(=O)c3cccc(-c4cnc5c(c4)N(Cc4cc(Cl)ccc4C(F)(F)F)CCN5)c3)CC2)cc1. The number of fused-ring (bicyclic) bond motifs is 1. The van der Waals surface area contributed by atoms with Crippen molar-refractivity contribution in [1.82, 2.24) is 14.8 Å². The van der Waals surface area contributed by atoms with Gasteiger partial charge in [0.15, 0.2) is 0 Å². The second-order valence-corrected chi connectivity index (χ2v) is 11.8. The van der Waals surface area contributed by atoms with Crippen LogP contribution in [0.2, 0.25) is 5.02 Å². The summed E-state index contributed by atoms with van der Waals surface area (Å²) >= 11 is 6.09. The summed E-state index contributed by atoms with van der Waals surface area (Å²) in [6.45, 7) is 6.93. The van der Waals surface area contributed by atoms with Crippen molar-refractivity contribution in [3.05, 3.63) is 112 Å². The van der Waals surface area contributed by atoms with Gasteiger partial charge in [-0.15, -0.1) is 0 Å². The van der Waals surface area contributed by atoms with Crippen LogP contribution in [0.5, 0.6) is 0 Å². The second-order valence-electron chi connectivity index (χ2n) is 11.4. The number of nitrogens with zero attached hydrogens (tertiary/aromatic N) is 4. The van der Waals surface area contributed by atoms with Crippen molar-refractivity contribution in [2.24, 2.45) is 0 Å². The van der Waals surface area contributed by atoms with E-state index in [1.807, 2.05) is 40.1 Å². The van der Waals surface area contributed by atoms with Gasteiger partial charge in [0.05, 0.1) is 11.3 Å². The van der Waals surface area contributed by atoms with Gasteiger partial charge < -0.3 is 15.1 Å². The molecule has 1 amide bonds. The maximum atomic E-state index is 13.8. The molecule has 4 aromatic rings. The maximum absolute atomic E-state index is 13.8. The highest BCUT2D eigenvalue weighted by atomic mass is 35.5. The molecule has 2 aliphatic heterocycles. The molecule has 0 saturated carbocycles. The number of pyridine rings is 1. The predicted octanol–water partition coefficient (Wildman–Crippen LogP) is 7.12. The van der Waals surface area contributed by atoms with Crippen molar-refractivity contribution < 1.29 is 18.0 Å². The summed E-state index contributed by atoms with van der Waals surface area (Å²) in [4.78, 5) is 24.2. The maximum Gasteiger partial charge on any atom is 0.416 e. The molecule has 0 radical (unpaired) electrons. The quantitative estimate of drug-likeness (QED) is 0.249. The molecule has 44 heavy (non-hydrogen) atoms. The monoisotopic (exact) mass is 619 g/mol. The van der Waals surface area contributed by atoms with E-state index in [2.05, 4.69) is 46.4 Å². The normalized spacial score (nSPS) is 15.6. The number of alkyl halides is 3. The fourth-order valence-corrected chi connectivity index (χ4v) is 6.03. The molecule has 10 heteroatoms. The van der Waals surface area contributed by atoms with E-state index >= 15 is 0 Å². The summed E-state index contributed by atoms with van der Waals surface area (Å²) in [6.07, 6.45) is -2.76. The van der Waals surface area contributed by atoms with Gasteiger partial charge >= 0.3 is 6.18 Å². The van der Waals surface area contributed by atoms with Gasteiger partial charge in [-0.3, -0.25) is 9.69 Å². The van der Waals surface area contributed by atoms with Gasteiger partial charge in [0.1, 0.15) is 5.82 Å². The van der Waals surface area contributed by atoms with Crippen molar-refractivity contribution in [3.8, 4) is 11.1 Å². The lowest BCUT2D eigenvalue weighted by molar-refractivity contribution is -0.138. The number of carbonyl (C=O) groups excluding carboxylic acids is 1. The first-order valence-corrected chi connectivity index (χ1v) is 15.0. The van der Waals surface area contributed by atoms with Gasteiger partial charge in [-0.2, -0.15) is 13.2 Å². The van der Waals surface area contributed by atoms with E-state index in [1.54, 1.807) is 6.20 Å². The number of amides is 1. The van der Waals surface area contributed by atoms with Crippen molar-refractivity contribution in [2.45, 2.75) is 26.2 Å². The highest BCUT2D eigenvalue weighted by Crippen LogP contribution is 2.37. The Morgan fingerprint density at radius 2 is 1.68 bits per heavy atom. The number of nitrogens with one attached hydrogen (secondary N) is 1. The van der Waals surface area contributed by atoms with Crippen LogP contribution in [-0.2, 0) is 19.3 Å². The van der Waals surface area contributed by atoms with Gasteiger partial charge in [0.2, 0.25) is 0 Å². The Bertz CT molecular complexity index is 1650. The van der Waals surface area contributed by atoms with E-state index in [1.165, 1.54) is 23.3 Å². The minimum atomic E-state index is -4.49. The fraction of sp³-hybridized carbons (Fsp3) is 0.294. The lowest BCUT2D eigenvalue weighted by atomic mass is 10.0. The molecule has 0 unspecified atom stereocenters. The molecule has 1 aromatic heterocycles. The van der Waals surface area contributed by atoms with Crippen LogP contribution in [0.1, 0.15) is 32.6 Å². The first kappa shape index (κ1) is 30.0. The Morgan fingerprint density at radius 3 is 2.43 bits per heavy atom. The van der Waals surface area contributed by atoms with Crippen molar-refractivity contribution in [2.75, 3.05) is 49.5 Å². The summed E-state index contributed by atoms with van der Waals surface area (Å²) in [5.41, 5.74) is 4.79. The van der Waals surface area contributed by atoms with Crippen LogP contribution in [0.25, 0.3) is 11.1 Å². The van der Waals surface area contributed by atoms with E-state index in [9.17, 15) is 18.0 Å². The highest BCUT2D eigenvalue weighted by Gasteiger charge is 2.34. The molecular formula is C34H33ClF3N5O. The summed E-state index contributed by atoms with van der Waals surface area (Å²) in [5, 5.41) is 3.50. The van der Waals surface area contributed by atoms with Crippen LogP contribution in [0, 0.1) is 6.92 Å². The van der Waals surface area contributed by atoms with Crippen LogP contribution in [0.3, 0.4) is 0 Å². The smallest absolute Gasteiger partial charge is 0.367 e. The molecule has 3 aromatic carbocycles. The largest absolute Gasteiger partial charge is 0.416 e. The minimum absolute atomic E-state index is 0.0170. The molecule has 3 heterocycles. The van der Waals surface area contributed by atoms with Crippen molar-refractivity contribution >= 4 is 29.0 Å². The van der Waals surface area contributed by atoms with Crippen molar-refractivity contribution in [1.29, 1.82) is 0 Å². The lowest BCUT2D eigenvalue weighted by Crippen LogP contribution is -2.48. The molecule has 1 saturated heterocycles. The Morgan fingerprint density at radius 1 is 0.909 bits per heavy atom. The molecule has 0 aliphatic carbocycles. The summed E-state index contributed by atoms with van der Waals surface area (Å²) < 4.78 is 41.3. The van der Waals surface area contributed by atoms with E-state index in [0.717, 1.165) is 36.8 Å². The molecule has 2 aliphatic rings. The number of aryl methyl sites for hydroxylation is 1. The number of aromatic nitrogens is 1. The third kappa shape index (κ3) is 6.69. The molecule has 0 spiro atoms. The predicted molar refractivity (Wildman–Crippen MR) is 168 cm³/mol. The number of halogens is 4. The summed E-state index contributed by atoms with van der Waals surface area (Å²) in [6, 6.07) is 21.6. The first-order chi connectivity index (χ1) is 21.1. The Labute approximate surface area is 260 Å². The van der Waals surface area contributed by atoms with Crippen LogP contribution >= 0.6 is 11.6 Å². The number of carbonyl (C=O) groups is 1. The third-order valence-electron chi connectivity index (χ3n) is 8.25. The van der Waals surface area contributed by atoms with Gasteiger partial charge in [-0.05, 0) is 60.0 Å². The van der Waals surface area contributed by atoms with E-state index in [0.29, 0.717) is 43.2 Å². The van der Waals surface area contributed by atoms with Crippen LogP contribution in [0.4, 0.5) is 24.7 Å². The van der Waals surface area contributed by atoms with Crippen LogP contribution in [0.15, 0.2) is 79.0 Å². The molecule has 6 nitrogen and oxygen atoms in total. The number of rotatable bonds is 6. The number of hydrogen-bond donors (Lipinski definition) is 1. The number of hydrogen-bond acceptors (Lipinski definition) is 5. The zero-order chi connectivity index (χ0) is 30.8. The number of piperazine rings is 1. The molecular weight excluding hydrogens is 587 g/mol. The highest BCUT2D eigenvalue weighted by molar-refractivity contribution is 6.30. The Balaban J connectivity index is 1.17. The van der Waals surface area contributed by atoms with Gasteiger partial charge in [-0.25, -0.2) is 4.98 Å². The van der Waals surface area contributed by atoms with Crippen LogP contribution in [-0.4, -0.2) is 60.0 Å². The molecule has 0 bridgehead atoms. The molecule has 1 N–H and O–H groups in total. The first-order valence-electron chi connectivity index (χ1n) is 14.7. The molecule has 1 fully saturated rings. The van der Waals surface area contributed by atoms with Gasteiger partial charge in [0, 0.05) is 74.7 Å². The Hall–Kier alpha value is -4.08. The molecule has 0 atom stereocenters. The third-order valence-corrected chi connectivity index (χ3v) is 8.48. The van der Waals surface area contributed by atoms with Gasteiger partial charge in [-0.1, -0.05) is 53.6 Å². The topological polar surface area (TPSA) is 51.7 Å². The average molecular weight is 620 g/mol. The van der Waals surface area contributed by atoms with Crippen molar-refractivity contribution in [3.63, 3.8) is 0 Å². The fourth-order valence-electron chi connectivity index (χ4n) is 5.83.